The Bertz CT molecular complexity index is 486. The van der Waals surface area contributed by atoms with Crippen LogP contribution in [-0.4, -0.2) is 10.1 Å². The quantitative estimate of drug-likeness (QED) is 0.867. The number of aliphatic hydroxyl groups is 1. The van der Waals surface area contributed by atoms with Crippen LogP contribution in [0.2, 0.25) is 0 Å². The number of hydrogen-bond acceptors (Lipinski definition) is 2. The minimum Gasteiger partial charge on any atom is -0.388 e. The van der Waals surface area contributed by atoms with Crippen LogP contribution in [0, 0.1) is 5.92 Å². The highest BCUT2D eigenvalue weighted by atomic mass is 16.3. The van der Waals surface area contributed by atoms with Gasteiger partial charge in [0.2, 0.25) is 0 Å². The lowest BCUT2D eigenvalue weighted by Crippen LogP contribution is -2.11. The highest BCUT2D eigenvalue weighted by Gasteiger charge is 2.19. The molecule has 0 aliphatic heterocycles. The molecule has 0 aliphatic rings. The molecular formula is C15H19NO. The molecule has 0 saturated heterocycles. The van der Waals surface area contributed by atoms with Crippen molar-refractivity contribution in [1.29, 1.82) is 0 Å². The van der Waals surface area contributed by atoms with E-state index in [4.69, 9.17) is 0 Å². The Kier molecular flexibility index (Phi) is 3.75. The zero-order valence-corrected chi connectivity index (χ0v) is 10.4. The minimum atomic E-state index is -0.391. The fraction of sp³-hybridized carbons (Fsp3) is 0.400. The average Bonchev–Trinajstić information content (AvgIpc) is 2.39. The van der Waals surface area contributed by atoms with Crippen LogP contribution in [0.3, 0.4) is 0 Å². The molecule has 0 radical (unpaired) electrons. The average molecular weight is 229 g/mol. The number of benzene rings is 1. The Morgan fingerprint density at radius 1 is 1.18 bits per heavy atom. The smallest absolute Gasteiger partial charge is 0.0824 e. The summed E-state index contributed by atoms with van der Waals surface area (Å²) in [6.45, 7) is 4.25. The first kappa shape index (κ1) is 12.1. The van der Waals surface area contributed by atoms with Gasteiger partial charge in [0.15, 0.2) is 0 Å². The predicted octanol–water partition coefficient (Wildman–Crippen LogP) is 3.70. The van der Waals surface area contributed by atoms with Gasteiger partial charge in [0.05, 0.1) is 6.10 Å². The van der Waals surface area contributed by atoms with Crippen LogP contribution < -0.4 is 0 Å². The topological polar surface area (TPSA) is 33.1 Å². The van der Waals surface area contributed by atoms with E-state index in [9.17, 15) is 5.11 Å². The molecule has 2 rings (SSSR count). The molecule has 1 unspecified atom stereocenters. The zero-order chi connectivity index (χ0) is 12.3. The summed E-state index contributed by atoms with van der Waals surface area (Å²) in [7, 11) is 0. The Hall–Kier alpha value is -1.41. The van der Waals surface area contributed by atoms with E-state index in [2.05, 4.69) is 24.9 Å². The standard InChI is InChI=1S/C15H19NO/c1-3-11(4-2)15(17)13-7-5-6-12-8-9-16-10-14(12)13/h5-11,15,17H,3-4H2,1-2H3. The largest absolute Gasteiger partial charge is 0.388 e. The normalized spacial score (nSPS) is 13.2. The summed E-state index contributed by atoms with van der Waals surface area (Å²) in [5.74, 6) is 0.320. The van der Waals surface area contributed by atoms with Crippen LogP contribution in [0.15, 0.2) is 36.7 Å². The SMILES string of the molecule is CCC(CC)C(O)c1cccc2ccncc12. The second-order valence-corrected chi connectivity index (χ2v) is 4.47. The molecule has 1 heterocycles. The molecule has 0 spiro atoms. The van der Waals surface area contributed by atoms with Gasteiger partial charge in [0.25, 0.3) is 0 Å². The van der Waals surface area contributed by atoms with Crippen molar-refractivity contribution in [2.75, 3.05) is 0 Å². The van der Waals surface area contributed by atoms with E-state index in [0.717, 1.165) is 29.2 Å². The highest BCUT2D eigenvalue weighted by Crippen LogP contribution is 2.31. The Balaban J connectivity index is 2.47. The maximum absolute atomic E-state index is 10.5. The fourth-order valence-corrected chi connectivity index (χ4v) is 2.38. The number of hydrogen-bond donors (Lipinski definition) is 1. The monoisotopic (exact) mass is 229 g/mol. The molecule has 1 N–H and O–H groups in total. The van der Waals surface area contributed by atoms with Crippen molar-refractivity contribution in [1.82, 2.24) is 4.98 Å². The Morgan fingerprint density at radius 3 is 2.65 bits per heavy atom. The van der Waals surface area contributed by atoms with E-state index in [-0.39, 0.29) is 0 Å². The van der Waals surface area contributed by atoms with Gasteiger partial charge in [-0.05, 0) is 22.9 Å². The number of nitrogens with zero attached hydrogens (tertiary/aromatic N) is 1. The lowest BCUT2D eigenvalue weighted by molar-refractivity contribution is 0.105. The van der Waals surface area contributed by atoms with Crippen molar-refractivity contribution < 1.29 is 5.11 Å². The summed E-state index contributed by atoms with van der Waals surface area (Å²) in [6, 6.07) is 8.05. The van der Waals surface area contributed by atoms with Gasteiger partial charge in [-0.2, -0.15) is 0 Å². The second-order valence-electron chi connectivity index (χ2n) is 4.47. The maximum Gasteiger partial charge on any atom is 0.0824 e. The summed E-state index contributed by atoms with van der Waals surface area (Å²) in [5.41, 5.74) is 1.00. The molecule has 0 saturated carbocycles. The van der Waals surface area contributed by atoms with Gasteiger partial charge in [-0.25, -0.2) is 0 Å². The molecule has 2 heteroatoms. The molecule has 90 valence electrons. The minimum absolute atomic E-state index is 0.320. The van der Waals surface area contributed by atoms with Crippen molar-refractivity contribution in [3.63, 3.8) is 0 Å². The third kappa shape index (κ3) is 2.32. The van der Waals surface area contributed by atoms with E-state index < -0.39 is 6.10 Å². The number of aromatic nitrogens is 1. The van der Waals surface area contributed by atoms with Gasteiger partial charge in [0, 0.05) is 17.8 Å². The third-order valence-electron chi connectivity index (χ3n) is 3.53. The summed E-state index contributed by atoms with van der Waals surface area (Å²) < 4.78 is 0. The fourth-order valence-electron chi connectivity index (χ4n) is 2.38. The molecule has 2 aromatic rings. The van der Waals surface area contributed by atoms with Gasteiger partial charge in [0.1, 0.15) is 0 Å². The first-order valence-corrected chi connectivity index (χ1v) is 6.28. The first-order chi connectivity index (χ1) is 8.27. The third-order valence-corrected chi connectivity index (χ3v) is 3.53. The van der Waals surface area contributed by atoms with Crippen molar-refractivity contribution in [2.45, 2.75) is 32.8 Å². The van der Waals surface area contributed by atoms with Crippen LogP contribution in [0.5, 0.6) is 0 Å². The molecule has 0 fully saturated rings. The van der Waals surface area contributed by atoms with Crippen molar-refractivity contribution >= 4 is 10.8 Å². The van der Waals surface area contributed by atoms with Crippen molar-refractivity contribution in [3.05, 3.63) is 42.2 Å². The van der Waals surface area contributed by atoms with Gasteiger partial charge in [-0.3, -0.25) is 4.98 Å². The number of fused-ring (bicyclic) bond motifs is 1. The zero-order valence-electron chi connectivity index (χ0n) is 10.4. The van der Waals surface area contributed by atoms with Crippen LogP contribution in [0.4, 0.5) is 0 Å². The molecule has 0 bridgehead atoms. The van der Waals surface area contributed by atoms with Crippen molar-refractivity contribution in [3.8, 4) is 0 Å². The Labute approximate surface area is 102 Å². The van der Waals surface area contributed by atoms with Crippen molar-refractivity contribution in [2.24, 2.45) is 5.92 Å². The second kappa shape index (κ2) is 5.28. The lowest BCUT2D eigenvalue weighted by Gasteiger charge is -2.21. The Morgan fingerprint density at radius 2 is 1.94 bits per heavy atom. The van der Waals surface area contributed by atoms with Gasteiger partial charge >= 0.3 is 0 Å². The molecule has 0 aliphatic carbocycles. The van der Waals surface area contributed by atoms with Gasteiger partial charge in [-0.1, -0.05) is 44.9 Å². The lowest BCUT2D eigenvalue weighted by atomic mass is 9.89. The van der Waals surface area contributed by atoms with E-state index >= 15 is 0 Å². The maximum atomic E-state index is 10.5. The molecule has 2 nitrogen and oxygen atoms in total. The number of rotatable bonds is 4. The highest BCUT2D eigenvalue weighted by molar-refractivity contribution is 5.85. The van der Waals surface area contributed by atoms with Gasteiger partial charge in [-0.15, -0.1) is 0 Å². The summed E-state index contributed by atoms with van der Waals surface area (Å²) in [4.78, 5) is 4.16. The van der Waals surface area contributed by atoms with E-state index in [1.807, 2.05) is 24.4 Å². The molecule has 1 aromatic carbocycles. The van der Waals surface area contributed by atoms with Crippen LogP contribution in [0.25, 0.3) is 10.8 Å². The van der Waals surface area contributed by atoms with E-state index in [1.54, 1.807) is 6.20 Å². The van der Waals surface area contributed by atoms with Crippen LogP contribution >= 0.6 is 0 Å². The van der Waals surface area contributed by atoms with E-state index in [1.165, 1.54) is 0 Å². The summed E-state index contributed by atoms with van der Waals surface area (Å²) in [5, 5.41) is 12.7. The van der Waals surface area contributed by atoms with Crippen LogP contribution in [-0.2, 0) is 0 Å². The first-order valence-electron chi connectivity index (χ1n) is 6.28. The number of aliphatic hydroxyl groups excluding tert-OH is 1. The van der Waals surface area contributed by atoms with Crippen LogP contribution in [0.1, 0.15) is 38.4 Å². The number of pyridine rings is 1. The molecular weight excluding hydrogens is 210 g/mol. The molecule has 17 heavy (non-hydrogen) atoms. The molecule has 1 atom stereocenters. The summed E-state index contributed by atoms with van der Waals surface area (Å²) in [6.07, 6.45) is 5.23. The predicted molar refractivity (Wildman–Crippen MR) is 70.8 cm³/mol. The van der Waals surface area contributed by atoms with E-state index in [0.29, 0.717) is 5.92 Å². The summed E-state index contributed by atoms with van der Waals surface area (Å²) >= 11 is 0. The molecule has 1 aromatic heterocycles. The molecule has 0 amide bonds. The van der Waals surface area contributed by atoms with Gasteiger partial charge < -0.3 is 5.11 Å².